The number of carboxylic acid groups (broad SMARTS) is 1. The summed E-state index contributed by atoms with van der Waals surface area (Å²) in [6.45, 7) is 2.66. The van der Waals surface area contributed by atoms with Gasteiger partial charge in [-0.25, -0.2) is 9.97 Å². The summed E-state index contributed by atoms with van der Waals surface area (Å²) in [6.07, 6.45) is 2.87. The first-order valence-electron chi connectivity index (χ1n) is 10.7. The van der Waals surface area contributed by atoms with Crippen LogP contribution < -0.4 is 10.1 Å². The smallest absolute Gasteiger partial charge is 0.303 e. The molecule has 1 atom stereocenters. The monoisotopic (exact) mass is 430 g/mol. The molecule has 3 N–H and O–H groups in total. The van der Waals surface area contributed by atoms with Crippen molar-refractivity contribution in [2.75, 3.05) is 11.9 Å². The zero-order chi connectivity index (χ0) is 22.3. The van der Waals surface area contributed by atoms with E-state index in [-0.39, 0.29) is 12.5 Å². The number of benzene rings is 2. The van der Waals surface area contributed by atoms with Crippen LogP contribution in [0.4, 0.5) is 5.82 Å². The highest BCUT2D eigenvalue weighted by atomic mass is 16.5. The highest BCUT2D eigenvalue weighted by Crippen LogP contribution is 2.28. The van der Waals surface area contributed by atoms with E-state index in [1.165, 1.54) is 5.56 Å². The van der Waals surface area contributed by atoms with E-state index < -0.39 is 5.97 Å². The van der Waals surface area contributed by atoms with Gasteiger partial charge in [-0.2, -0.15) is 0 Å². The van der Waals surface area contributed by atoms with Gasteiger partial charge in [0.05, 0.1) is 11.5 Å². The lowest BCUT2D eigenvalue weighted by Crippen LogP contribution is -2.13. The minimum atomic E-state index is -0.813. The number of carboxylic acids is 1. The van der Waals surface area contributed by atoms with Crippen LogP contribution in [0.1, 0.15) is 25.3 Å². The molecule has 0 radical (unpaired) electrons. The number of hydrogen-bond donors (Lipinski definition) is 3. The van der Waals surface area contributed by atoms with Gasteiger partial charge in [0.1, 0.15) is 23.5 Å². The van der Waals surface area contributed by atoms with E-state index in [4.69, 9.17) is 9.84 Å². The summed E-state index contributed by atoms with van der Waals surface area (Å²) in [7, 11) is 0. The molecule has 0 aliphatic carbocycles. The van der Waals surface area contributed by atoms with Crippen molar-refractivity contribution in [3.05, 3.63) is 72.6 Å². The highest BCUT2D eigenvalue weighted by Gasteiger charge is 2.11. The second kappa shape index (κ2) is 9.96. The number of ether oxygens (including phenoxy) is 1. The zero-order valence-corrected chi connectivity index (χ0v) is 17.9. The van der Waals surface area contributed by atoms with Gasteiger partial charge in [-0.1, -0.05) is 30.3 Å². The Labute approximate surface area is 186 Å². The van der Waals surface area contributed by atoms with Crippen LogP contribution in [0.2, 0.25) is 0 Å². The molecule has 2 heterocycles. The maximum Gasteiger partial charge on any atom is 0.303 e. The molecule has 7 heteroatoms. The molecular formula is C25H26N4O3. The third-order valence-corrected chi connectivity index (χ3v) is 5.24. The van der Waals surface area contributed by atoms with Gasteiger partial charge in [0.15, 0.2) is 0 Å². The Morgan fingerprint density at radius 3 is 2.66 bits per heavy atom. The van der Waals surface area contributed by atoms with Crippen molar-refractivity contribution in [2.45, 2.75) is 32.3 Å². The normalized spacial score (nSPS) is 11.9. The van der Waals surface area contributed by atoms with Gasteiger partial charge >= 0.3 is 5.97 Å². The summed E-state index contributed by atoms with van der Waals surface area (Å²) >= 11 is 0. The molecular weight excluding hydrogens is 404 g/mol. The van der Waals surface area contributed by atoms with Gasteiger partial charge in [-0.05, 0) is 61.2 Å². The van der Waals surface area contributed by atoms with Crippen LogP contribution in [0.3, 0.4) is 0 Å². The van der Waals surface area contributed by atoms with Crippen molar-refractivity contribution in [3.8, 4) is 17.0 Å². The topological polar surface area (TPSA) is 100 Å². The molecule has 0 saturated heterocycles. The molecule has 2 aromatic carbocycles. The summed E-state index contributed by atoms with van der Waals surface area (Å²) in [5.74, 6) is 0.707. The Kier molecular flexibility index (Phi) is 6.65. The van der Waals surface area contributed by atoms with Crippen molar-refractivity contribution >= 4 is 22.8 Å². The number of aromatic nitrogens is 3. The predicted molar refractivity (Wildman–Crippen MR) is 125 cm³/mol. The van der Waals surface area contributed by atoms with Crippen LogP contribution in [0.15, 0.2) is 67.0 Å². The molecule has 4 aromatic rings. The number of rotatable bonds is 10. The summed E-state index contributed by atoms with van der Waals surface area (Å²) in [5, 5.41) is 13.2. The van der Waals surface area contributed by atoms with Gasteiger partial charge in [-0.15, -0.1) is 0 Å². The van der Waals surface area contributed by atoms with Crippen molar-refractivity contribution in [2.24, 2.45) is 0 Å². The van der Waals surface area contributed by atoms with Crippen LogP contribution in [0.5, 0.6) is 5.75 Å². The number of nitrogens with zero attached hydrogens (tertiary/aromatic N) is 2. The molecule has 0 saturated carbocycles. The lowest BCUT2D eigenvalue weighted by atomic mass is 10.1. The van der Waals surface area contributed by atoms with E-state index in [1.807, 2.05) is 55.5 Å². The van der Waals surface area contributed by atoms with Crippen LogP contribution >= 0.6 is 0 Å². The number of hydrogen-bond acceptors (Lipinski definition) is 5. The predicted octanol–water partition coefficient (Wildman–Crippen LogP) is 4.91. The maximum absolute atomic E-state index is 10.7. The quantitative estimate of drug-likeness (QED) is 0.330. The first-order chi connectivity index (χ1) is 15.6. The number of anilines is 1. The van der Waals surface area contributed by atoms with Gasteiger partial charge in [-0.3, -0.25) is 4.79 Å². The fourth-order valence-corrected chi connectivity index (χ4v) is 3.54. The Hall–Kier alpha value is -3.87. The second-order valence-corrected chi connectivity index (χ2v) is 7.72. The van der Waals surface area contributed by atoms with Crippen molar-refractivity contribution in [1.29, 1.82) is 0 Å². The van der Waals surface area contributed by atoms with Crippen molar-refractivity contribution in [3.63, 3.8) is 0 Å². The van der Waals surface area contributed by atoms with Crippen LogP contribution in [0, 0.1) is 0 Å². The number of aliphatic carboxylic acids is 1. The summed E-state index contributed by atoms with van der Waals surface area (Å²) in [4.78, 5) is 22.8. The van der Waals surface area contributed by atoms with Crippen molar-refractivity contribution in [1.82, 2.24) is 15.0 Å². The summed E-state index contributed by atoms with van der Waals surface area (Å²) in [6, 6.07) is 20.1. The average Bonchev–Trinajstić information content (AvgIpc) is 3.24. The van der Waals surface area contributed by atoms with Gasteiger partial charge in [0.2, 0.25) is 0 Å². The van der Waals surface area contributed by atoms with Crippen LogP contribution in [-0.4, -0.2) is 38.7 Å². The molecule has 0 amide bonds. The summed E-state index contributed by atoms with van der Waals surface area (Å²) < 4.78 is 5.81. The molecule has 0 unspecified atom stereocenters. The number of H-pyrrole nitrogens is 1. The van der Waals surface area contributed by atoms with E-state index >= 15 is 0 Å². The number of carbonyl (C=O) groups is 1. The molecule has 0 aliphatic rings. The molecule has 0 aliphatic heterocycles. The van der Waals surface area contributed by atoms with E-state index in [1.54, 1.807) is 6.33 Å². The largest absolute Gasteiger partial charge is 0.491 e. The van der Waals surface area contributed by atoms with Gasteiger partial charge < -0.3 is 20.1 Å². The SMILES string of the molecule is C[C@H](CCC(=O)O)Oc1ccc(-c2cc3c(NCCc4ccccc4)ncnc3[nH]2)cc1. The van der Waals surface area contributed by atoms with Crippen LogP contribution in [-0.2, 0) is 11.2 Å². The Balaban J connectivity index is 1.43. The van der Waals surface area contributed by atoms with E-state index in [0.717, 1.165) is 41.1 Å². The third kappa shape index (κ3) is 5.43. The Morgan fingerprint density at radius 1 is 1.12 bits per heavy atom. The molecule has 0 spiro atoms. The molecule has 7 nitrogen and oxygen atoms in total. The fourth-order valence-electron chi connectivity index (χ4n) is 3.54. The van der Waals surface area contributed by atoms with E-state index in [2.05, 4.69) is 32.4 Å². The van der Waals surface area contributed by atoms with Gasteiger partial charge in [0, 0.05) is 18.7 Å². The fraction of sp³-hybridized carbons (Fsp3) is 0.240. The number of aromatic amines is 1. The number of fused-ring (bicyclic) bond motifs is 1. The molecule has 32 heavy (non-hydrogen) atoms. The second-order valence-electron chi connectivity index (χ2n) is 7.72. The molecule has 0 bridgehead atoms. The third-order valence-electron chi connectivity index (χ3n) is 5.24. The Morgan fingerprint density at radius 2 is 1.91 bits per heavy atom. The van der Waals surface area contributed by atoms with E-state index in [0.29, 0.717) is 12.2 Å². The molecule has 4 rings (SSSR count). The highest BCUT2D eigenvalue weighted by molar-refractivity contribution is 5.91. The lowest BCUT2D eigenvalue weighted by Gasteiger charge is -2.13. The Bertz CT molecular complexity index is 1170. The molecule has 0 fully saturated rings. The molecule has 164 valence electrons. The minimum absolute atomic E-state index is 0.0943. The zero-order valence-electron chi connectivity index (χ0n) is 17.9. The lowest BCUT2D eigenvalue weighted by molar-refractivity contribution is -0.137. The first kappa shape index (κ1) is 21.4. The van der Waals surface area contributed by atoms with Crippen molar-refractivity contribution < 1.29 is 14.6 Å². The average molecular weight is 431 g/mol. The standard InChI is InChI=1S/C25H26N4O3/c1-17(7-12-23(30)31)32-20-10-8-19(9-11-20)22-15-21-24(27-16-28-25(21)29-22)26-14-13-18-5-3-2-4-6-18/h2-6,8-11,15-17H,7,12-14H2,1H3,(H,30,31)(H2,26,27,28,29)/t17-/m1/s1. The minimum Gasteiger partial charge on any atom is -0.491 e. The summed E-state index contributed by atoms with van der Waals surface area (Å²) in [5.41, 5.74) is 4.00. The van der Waals surface area contributed by atoms with Crippen LogP contribution in [0.25, 0.3) is 22.3 Å². The number of nitrogens with one attached hydrogen (secondary N) is 2. The first-order valence-corrected chi connectivity index (χ1v) is 10.7. The molecule has 2 aromatic heterocycles. The maximum atomic E-state index is 10.7. The van der Waals surface area contributed by atoms with E-state index in [9.17, 15) is 4.79 Å². The van der Waals surface area contributed by atoms with Gasteiger partial charge in [0.25, 0.3) is 0 Å².